The molecule has 0 unspecified atom stereocenters. The van der Waals surface area contributed by atoms with Crippen molar-refractivity contribution in [3.05, 3.63) is 59.1 Å². The number of esters is 1. The molecule has 0 spiro atoms. The molecule has 0 amide bonds. The van der Waals surface area contributed by atoms with Gasteiger partial charge < -0.3 is 20.3 Å². The van der Waals surface area contributed by atoms with Gasteiger partial charge in [-0.25, -0.2) is 0 Å². The Labute approximate surface area is 184 Å². The quantitative estimate of drug-likeness (QED) is 0.386. The molecule has 0 radical (unpaired) electrons. The molecule has 6 heteroatoms. The summed E-state index contributed by atoms with van der Waals surface area (Å²) in [6.45, 7) is 4.59. The van der Waals surface area contributed by atoms with Crippen LogP contribution < -0.4 is 5.73 Å². The summed E-state index contributed by atoms with van der Waals surface area (Å²) in [6.07, 6.45) is 1.62. The number of aliphatic hydroxyl groups excluding tert-OH is 1. The Hall–Kier alpha value is -1.92. The Morgan fingerprint density at radius 2 is 1.93 bits per heavy atom. The number of halogens is 1. The zero-order valence-electron chi connectivity index (χ0n) is 17.8. The van der Waals surface area contributed by atoms with Crippen LogP contribution in [0.2, 0.25) is 5.02 Å². The molecule has 0 aliphatic rings. The van der Waals surface area contributed by atoms with E-state index in [-0.39, 0.29) is 25.2 Å². The molecule has 164 valence electrons. The van der Waals surface area contributed by atoms with Gasteiger partial charge in [-0.3, -0.25) is 4.79 Å². The standard InChI is InChI=1S/C24H32ClNO4/c1-3-30-23(28)24(2,17-29-13-5-12-27)16-22(26)14-18-8-10-19(11-9-18)20-6-4-7-21(25)15-20/h4,6-11,15,22,27H,3,5,12-14,16-17,26H2,1-2H3/t22-,24+/m1/s1. The third-order valence-electron chi connectivity index (χ3n) is 4.96. The molecule has 30 heavy (non-hydrogen) atoms. The topological polar surface area (TPSA) is 81.8 Å². The van der Waals surface area contributed by atoms with E-state index in [1.54, 1.807) is 6.92 Å². The van der Waals surface area contributed by atoms with Crippen LogP contribution in [0.5, 0.6) is 0 Å². The minimum absolute atomic E-state index is 0.0564. The normalized spacial score (nSPS) is 14.2. The molecule has 0 bridgehead atoms. The summed E-state index contributed by atoms with van der Waals surface area (Å²) in [6, 6.07) is 15.7. The molecule has 2 aromatic rings. The maximum absolute atomic E-state index is 12.5. The summed E-state index contributed by atoms with van der Waals surface area (Å²) >= 11 is 6.08. The van der Waals surface area contributed by atoms with Gasteiger partial charge in [-0.2, -0.15) is 0 Å². The maximum atomic E-state index is 12.5. The molecule has 3 N–H and O–H groups in total. The summed E-state index contributed by atoms with van der Waals surface area (Å²) in [5.74, 6) is -0.305. The van der Waals surface area contributed by atoms with Gasteiger partial charge in [-0.1, -0.05) is 48.0 Å². The lowest BCUT2D eigenvalue weighted by Crippen LogP contribution is -2.41. The molecule has 2 atom stereocenters. The highest BCUT2D eigenvalue weighted by molar-refractivity contribution is 6.30. The number of carbonyl (C=O) groups excluding carboxylic acids is 1. The molecule has 0 aromatic heterocycles. The first-order valence-corrected chi connectivity index (χ1v) is 10.7. The first-order chi connectivity index (χ1) is 14.4. The van der Waals surface area contributed by atoms with Crippen molar-refractivity contribution in [2.24, 2.45) is 11.1 Å². The zero-order valence-corrected chi connectivity index (χ0v) is 18.5. The third-order valence-corrected chi connectivity index (χ3v) is 5.19. The highest BCUT2D eigenvalue weighted by Crippen LogP contribution is 2.28. The molecule has 0 saturated heterocycles. The van der Waals surface area contributed by atoms with E-state index in [9.17, 15) is 4.79 Å². The third kappa shape index (κ3) is 7.40. The van der Waals surface area contributed by atoms with Gasteiger partial charge in [-0.15, -0.1) is 0 Å². The summed E-state index contributed by atoms with van der Waals surface area (Å²) in [5.41, 5.74) is 8.82. The Morgan fingerprint density at radius 1 is 1.20 bits per heavy atom. The number of hydrogen-bond donors (Lipinski definition) is 2. The molecule has 0 saturated carbocycles. The average molecular weight is 434 g/mol. The Bertz CT molecular complexity index is 796. The number of carbonyl (C=O) groups is 1. The van der Waals surface area contributed by atoms with Gasteiger partial charge in [0.15, 0.2) is 0 Å². The molecule has 5 nitrogen and oxygen atoms in total. The number of nitrogens with two attached hydrogens (primary N) is 1. The molecule has 2 rings (SSSR count). The van der Waals surface area contributed by atoms with Gasteiger partial charge in [0.05, 0.1) is 18.6 Å². The molecular weight excluding hydrogens is 402 g/mol. The van der Waals surface area contributed by atoms with E-state index < -0.39 is 5.41 Å². The number of benzene rings is 2. The Balaban J connectivity index is 2.01. The fourth-order valence-electron chi connectivity index (χ4n) is 3.43. The summed E-state index contributed by atoms with van der Waals surface area (Å²) in [5, 5.41) is 9.61. The molecule has 0 fully saturated rings. The predicted octanol–water partition coefficient (Wildman–Crippen LogP) is 4.24. The van der Waals surface area contributed by atoms with Gasteiger partial charge >= 0.3 is 5.97 Å². The van der Waals surface area contributed by atoms with Crippen molar-refractivity contribution in [3.8, 4) is 11.1 Å². The highest BCUT2D eigenvalue weighted by atomic mass is 35.5. The smallest absolute Gasteiger partial charge is 0.314 e. The zero-order chi connectivity index (χ0) is 22.0. The molecule has 2 aromatic carbocycles. The number of ether oxygens (including phenoxy) is 2. The van der Waals surface area contributed by atoms with Crippen LogP contribution >= 0.6 is 11.6 Å². The van der Waals surface area contributed by atoms with E-state index in [1.165, 1.54) is 0 Å². The van der Waals surface area contributed by atoms with Crippen LogP contribution in [-0.4, -0.2) is 43.5 Å². The summed E-state index contributed by atoms with van der Waals surface area (Å²) in [7, 11) is 0. The Kier molecular flexibility index (Phi) is 9.79. The van der Waals surface area contributed by atoms with Crippen LogP contribution in [0.3, 0.4) is 0 Å². The predicted molar refractivity (Wildman–Crippen MR) is 120 cm³/mol. The van der Waals surface area contributed by atoms with E-state index in [4.69, 9.17) is 31.9 Å². The SMILES string of the molecule is CCOC(=O)[C@](C)(COCCCO)C[C@H](N)Cc1ccc(-c2cccc(Cl)c2)cc1. The molecule has 0 aliphatic carbocycles. The van der Waals surface area contributed by atoms with Crippen LogP contribution in [0.15, 0.2) is 48.5 Å². The van der Waals surface area contributed by atoms with Crippen LogP contribution in [0.4, 0.5) is 0 Å². The van der Waals surface area contributed by atoms with E-state index in [1.807, 2.05) is 31.2 Å². The minimum atomic E-state index is -0.828. The monoisotopic (exact) mass is 433 g/mol. The summed E-state index contributed by atoms with van der Waals surface area (Å²) < 4.78 is 10.9. The van der Waals surface area contributed by atoms with Crippen molar-refractivity contribution in [1.29, 1.82) is 0 Å². The first-order valence-electron chi connectivity index (χ1n) is 10.3. The second-order valence-corrected chi connectivity index (χ2v) is 8.22. The lowest BCUT2D eigenvalue weighted by atomic mass is 9.82. The second kappa shape index (κ2) is 12.1. The largest absolute Gasteiger partial charge is 0.466 e. The van der Waals surface area contributed by atoms with Crippen molar-refractivity contribution in [2.75, 3.05) is 26.4 Å². The van der Waals surface area contributed by atoms with Crippen molar-refractivity contribution in [3.63, 3.8) is 0 Å². The molecule has 0 heterocycles. The van der Waals surface area contributed by atoms with Gasteiger partial charge in [0, 0.05) is 24.3 Å². The van der Waals surface area contributed by atoms with Gasteiger partial charge in [0.25, 0.3) is 0 Å². The van der Waals surface area contributed by atoms with Crippen molar-refractivity contribution >= 4 is 17.6 Å². The first kappa shape index (κ1) is 24.4. The number of rotatable bonds is 12. The van der Waals surface area contributed by atoms with Crippen LogP contribution in [0, 0.1) is 5.41 Å². The van der Waals surface area contributed by atoms with E-state index in [0.29, 0.717) is 37.5 Å². The van der Waals surface area contributed by atoms with Crippen LogP contribution in [0.1, 0.15) is 32.3 Å². The second-order valence-electron chi connectivity index (χ2n) is 7.79. The molecular formula is C24H32ClNO4. The minimum Gasteiger partial charge on any atom is -0.466 e. The van der Waals surface area contributed by atoms with E-state index in [0.717, 1.165) is 16.7 Å². The van der Waals surface area contributed by atoms with Gasteiger partial charge in [-0.05, 0) is 61.9 Å². The van der Waals surface area contributed by atoms with Crippen molar-refractivity contribution < 1.29 is 19.4 Å². The van der Waals surface area contributed by atoms with E-state index in [2.05, 4.69) is 24.3 Å². The van der Waals surface area contributed by atoms with Crippen molar-refractivity contribution in [1.82, 2.24) is 0 Å². The number of hydrogen-bond acceptors (Lipinski definition) is 5. The Morgan fingerprint density at radius 3 is 2.57 bits per heavy atom. The van der Waals surface area contributed by atoms with Crippen LogP contribution in [-0.2, 0) is 20.7 Å². The number of aliphatic hydroxyl groups is 1. The maximum Gasteiger partial charge on any atom is 0.314 e. The fourth-order valence-corrected chi connectivity index (χ4v) is 3.62. The van der Waals surface area contributed by atoms with E-state index >= 15 is 0 Å². The van der Waals surface area contributed by atoms with Crippen molar-refractivity contribution in [2.45, 2.75) is 39.2 Å². The van der Waals surface area contributed by atoms with Gasteiger partial charge in [0.1, 0.15) is 0 Å². The van der Waals surface area contributed by atoms with Gasteiger partial charge in [0.2, 0.25) is 0 Å². The highest BCUT2D eigenvalue weighted by Gasteiger charge is 2.37. The van der Waals surface area contributed by atoms with Crippen LogP contribution in [0.25, 0.3) is 11.1 Å². The fraction of sp³-hybridized carbons (Fsp3) is 0.458. The lowest BCUT2D eigenvalue weighted by Gasteiger charge is -2.29. The lowest BCUT2D eigenvalue weighted by molar-refractivity contribution is -0.159. The summed E-state index contributed by atoms with van der Waals surface area (Å²) in [4.78, 5) is 12.5. The molecule has 0 aliphatic heterocycles. The average Bonchev–Trinajstić information content (AvgIpc) is 2.72.